The van der Waals surface area contributed by atoms with Crippen molar-refractivity contribution < 1.29 is 13.9 Å². The lowest BCUT2D eigenvalue weighted by Gasteiger charge is -2.17. The van der Waals surface area contributed by atoms with Crippen molar-refractivity contribution in [3.63, 3.8) is 0 Å². The van der Waals surface area contributed by atoms with E-state index in [1.165, 1.54) is 17.8 Å². The van der Waals surface area contributed by atoms with Crippen molar-refractivity contribution in [2.24, 2.45) is 0 Å². The van der Waals surface area contributed by atoms with Gasteiger partial charge in [-0.05, 0) is 42.7 Å². The third kappa shape index (κ3) is 5.12. The number of hydrogen-bond acceptors (Lipinski definition) is 5. The second kappa shape index (κ2) is 10.1. The maximum absolute atomic E-state index is 14.1. The molecule has 6 nitrogen and oxygen atoms in total. The summed E-state index contributed by atoms with van der Waals surface area (Å²) in [6, 6.07) is 25.8. The Balaban J connectivity index is 1.47. The van der Waals surface area contributed by atoms with Crippen molar-refractivity contribution >= 4 is 17.7 Å². The van der Waals surface area contributed by atoms with Gasteiger partial charge in [0.1, 0.15) is 11.9 Å². The first-order valence-corrected chi connectivity index (χ1v) is 12.0. The lowest BCUT2D eigenvalue weighted by atomic mass is 10.1. The highest BCUT2D eigenvalue weighted by molar-refractivity contribution is 8.00. The molecular weight excluding hydrogens is 451 g/mol. The minimum Gasteiger partial charge on any atom is -0.483 e. The van der Waals surface area contributed by atoms with E-state index >= 15 is 0 Å². The van der Waals surface area contributed by atoms with E-state index in [1.54, 1.807) is 18.2 Å². The Labute approximate surface area is 201 Å². The number of rotatable bonds is 9. The fourth-order valence-electron chi connectivity index (χ4n) is 3.52. The Morgan fingerprint density at radius 3 is 2.38 bits per heavy atom. The van der Waals surface area contributed by atoms with Crippen LogP contribution >= 0.6 is 11.8 Å². The van der Waals surface area contributed by atoms with Crippen LogP contribution in [-0.2, 0) is 11.4 Å². The third-order valence-corrected chi connectivity index (χ3v) is 6.59. The summed E-state index contributed by atoms with van der Waals surface area (Å²) in [7, 11) is 0. The standard InChI is InChI=1S/C26H23FN4O2S/c27-21-13-7-8-14-22(21)33-17-23-29-30-26(31(23)20-11-5-2-6-12-20)34-24(18-9-3-1-4-10-18)25(32)28-19-15-16-19/h1-14,19,24H,15-17H2,(H,28,32)/t24-/m1/s1. The number of amides is 1. The lowest BCUT2D eigenvalue weighted by molar-refractivity contribution is -0.120. The van der Waals surface area contributed by atoms with Gasteiger partial charge >= 0.3 is 0 Å². The molecule has 5 rings (SSSR count). The summed E-state index contributed by atoms with van der Waals surface area (Å²) < 4.78 is 21.6. The Morgan fingerprint density at radius 2 is 1.68 bits per heavy atom. The summed E-state index contributed by atoms with van der Waals surface area (Å²) in [5.74, 6) is 0.158. The second-order valence-electron chi connectivity index (χ2n) is 7.98. The number of nitrogens with zero attached hydrogens (tertiary/aromatic N) is 3. The molecule has 8 heteroatoms. The summed E-state index contributed by atoms with van der Waals surface area (Å²) in [5, 5.41) is 11.9. The molecule has 172 valence electrons. The summed E-state index contributed by atoms with van der Waals surface area (Å²) in [6.45, 7) is 0.0215. The first-order chi connectivity index (χ1) is 16.7. The van der Waals surface area contributed by atoms with Crippen LogP contribution in [0.3, 0.4) is 0 Å². The predicted octanol–water partition coefficient (Wildman–Crippen LogP) is 5.10. The Hall–Kier alpha value is -3.65. The number of benzene rings is 3. The van der Waals surface area contributed by atoms with Crippen LogP contribution in [-0.4, -0.2) is 26.7 Å². The van der Waals surface area contributed by atoms with Crippen LogP contribution in [0, 0.1) is 5.82 Å². The van der Waals surface area contributed by atoms with Gasteiger partial charge in [0.25, 0.3) is 0 Å². The molecule has 1 aliphatic rings. The summed E-state index contributed by atoms with van der Waals surface area (Å²) in [6.07, 6.45) is 2.02. The van der Waals surface area contributed by atoms with Crippen LogP contribution in [0.4, 0.5) is 4.39 Å². The molecule has 1 aromatic heterocycles. The first kappa shape index (κ1) is 22.2. The number of hydrogen-bond donors (Lipinski definition) is 1. The van der Waals surface area contributed by atoms with E-state index in [-0.39, 0.29) is 24.3 Å². The van der Waals surface area contributed by atoms with Crippen molar-refractivity contribution in [2.75, 3.05) is 0 Å². The van der Waals surface area contributed by atoms with Crippen molar-refractivity contribution in [1.29, 1.82) is 0 Å². The number of carbonyl (C=O) groups is 1. The van der Waals surface area contributed by atoms with Gasteiger partial charge in [0.2, 0.25) is 5.91 Å². The van der Waals surface area contributed by atoms with Crippen LogP contribution in [0.25, 0.3) is 5.69 Å². The Morgan fingerprint density at radius 1 is 1.00 bits per heavy atom. The largest absolute Gasteiger partial charge is 0.483 e. The quantitative estimate of drug-likeness (QED) is 0.342. The van der Waals surface area contributed by atoms with E-state index in [2.05, 4.69) is 15.5 Å². The molecule has 0 radical (unpaired) electrons. The molecule has 3 aromatic carbocycles. The molecule has 0 bridgehead atoms. The van der Waals surface area contributed by atoms with Gasteiger partial charge < -0.3 is 10.1 Å². The number of para-hydroxylation sites is 2. The van der Waals surface area contributed by atoms with E-state index in [0.717, 1.165) is 24.1 Å². The molecule has 1 atom stereocenters. The van der Waals surface area contributed by atoms with Crippen LogP contribution in [0.15, 0.2) is 90.1 Å². The fourth-order valence-corrected chi connectivity index (χ4v) is 4.60. The molecule has 1 amide bonds. The highest BCUT2D eigenvalue weighted by Gasteiger charge is 2.31. The van der Waals surface area contributed by atoms with Gasteiger partial charge in [-0.3, -0.25) is 9.36 Å². The van der Waals surface area contributed by atoms with Crippen molar-refractivity contribution in [1.82, 2.24) is 20.1 Å². The number of halogens is 1. The highest BCUT2D eigenvalue weighted by Crippen LogP contribution is 2.37. The zero-order chi connectivity index (χ0) is 23.3. The van der Waals surface area contributed by atoms with Crippen LogP contribution in [0.2, 0.25) is 0 Å². The molecule has 0 spiro atoms. The van der Waals surface area contributed by atoms with Crippen molar-refractivity contribution in [2.45, 2.75) is 35.9 Å². The summed E-state index contributed by atoms with van der Waals surface area (Å²) >= 11 is 1.33. The smallest absolute Gasteiger partial charge is 0.238 e. The Kier molecular flexibility index (Phi) is 6.58. The molecule has 0 unspecified atom stereocenters. The lowest BCUT2D eigenvalue weighted by Crippen LogP contribution is -2.30. The van der Waals surface area contributed by atoms with Gasteiger partial charge in [-0.25, -0.2) is 4.39 Å². The maximum Gasteiger partial charge on any atom is 0.238 e. The highest BCUT2D eigenvalue weighted by atomic mass is 32.2. The zero-order valence-corrected chi connectivity index (χ0v) is 19.1. The van der Waals surface area contributed by atoms with Gasteiger partial charge in [-0.1, -0.05) is 72.4 Å². The zero-order valence-electron chi connectivity index (χ0n) is 18.3. The second-order valence-corrected chi connectivity index (χ2v) is 9.05. The average molecular weight is 475 g/mol. The molecule has 0 saturated heterocycles. The molecule has 1 N–H and O–H groups in total. The molecule has 4 aromatic rings. The average Bonchev–Trinajstić information content (AvgIpc) is 3.60. The van der Waals surface area contributed by atoms with Crippen LogP contribution in [0.1, 0.15) is 29.5 Å². The number of carbonyl (C=O) groups excluding carboxylic acids is 1. The summed E-state index contributed by atoms with van der Waals surface area (Å²) in [5.41, 5.74) is 1.72. The van der Waals surface area contributed by atoms with Gasteiger partial charge in [-0.2, -0.15) is 0 Å². The fraction of sp³-hybridized carbons (Fsp3) is 0.192. The van der Waals surface area contributed by atoms with Crippen molar-refractivity contribution in [3.8, 4) is 11.4 Å². The van der Waals surface area contributed by atoms with E-state index in [9.17, 15) is 9.18 Å². The number of nitrogens with one attached hydrogen (secondary N) is 1. The SMILES string of the molecule is O=C(NC1CC1)[C@H](Sc1nnc(COc2ccccc2F)n1-c1ccccc1)c1ccccc1. The van der Waals surface area contributed by atoms with E-state index in [4.69, 9.17) is 4.74 Å². The minimum atomic E-state index is -0.492. The first-order valence-electron chi connectivity index (χ1n) is 11.1. The normalized spacial score (nSPS) is 13.9. The van der Waals surface area contributed by atoms with Crippen molar-refractivity contribution in [3.05, 3.63) is 102 Å². The number of thioether (sulfide) groups is 1. The third-order valence-electron chi connectivity index (χ3n) is 5.40. The van der Waals surface area contributed by atoms with Crippen LogP contribution in [0.5, 0.6) is 5.75 Å². The Bertz CT molecular complexity index is 1260. The molecule has 34 heavy (non-hydrogen) atoms. The van der Waals surface area contributed by atoms with E-state index in [0.29, 0.717) is 11.0 Å². The van der Waals surface area contributed by atoms with Gasteiger partial charge in [0, 0.05) is 11.7 Å². The van der Waals surface area contributed by atoms with E-state index < -0.39 is 11.1 Å². The topological polar surface area (TPSA) is 69.0 Å². The molecule has 1 heterocycles. The maximum atomic E-state index is 14.1. The molecule has 1 aliphatic carbocycles. The number of aromatic nitrogens is 3. The van der Waals surface area contributed by atoms with Gasteiger partial charge in [0.05, 0.1) is 0 Å². The minimum absolute atomic E-state index is 0.0215. The number of ether oxygens (including phenoxy) is 1. The predicted molar refractivity (Wildman–Crippen MR) is 128 cm³/mol. The molecule has 0 aliphatic heterocycles. The van der Waals surface area contributed by atoms with Crippen LogP contribution < -0.4 is 10.1 Å². The molecule has 1 saturated carbocycles. The molecule has 1 fully saturated rings. The summed E-state index contributed by atoms with van der Waals surface area (Å²) in [4.78, 5) is 13.1. The monoisotopic (exact) mass is 474 g/mol. The van der Waals surface area contributed by atoms with Gasteiger partial charge in [-0.15, -0.1) is 10.2 Å². The van der Waals surface area contributed by atoms with E-state index in [1.807, 2.05) is 65.2 Å². The van der Waals surface area contributed by atoms with Gasteiger partial charge in [0.15, 0.2) is 22.5 Å². The molecular formula is C26H23FN4O2S.